The Morgan fingerprint density at radius 2 is 1.95 bits per heavy atom. The molecule has 1 N–H and O–H groups in total. The van der Waals surface area contributed by atoms with Gasteiger partial charge in [-0.05, 0) is 58.8 Å². The van der Waals surface area contributed by atoms with Gasteiger partial charge in [0.2, 0.25) is 0 Å². The van der Waals surface area contributed by atoms with Gasteiger partial charge in [-0.1, -0.05) is 31.7 Å². The average molecular weight is 327 g/mol. The van der Waals surface area contributed by atoms with Crippen LogP contribution in [0.5, 0.6) is 5.75 Å². The summed E-state index contributed by atoms with van der Waals surface area (Å²) in [7, 11) is 1.67. The first-order valence-corrected chi connectivity index (χ1v) is 8.00. The summed E-state index contributed by atoms with van der Waals surface area (Å²) in [5, 5.41) is 10.4. The number of aliphatic hydroxyl groups excluding tert-OH is 1. The van der Waals surface area contributed by atoms with Gasteiger partial charge in [-0.2, -0.15) is 0 Å². The molecule has 1 fully saturated rings. The van der Waals surface area contributed by atoms with Crippen LogP contribution >= 0.6 is 15.9 Å². The predicted octanol–water partition coefficient (Wildman–Crippen LogP) is 4.33. The van der Waals surface area contributed by atoms with Crippen molar-refractivity contribution in [3.63, 3.8) is 0 Å². The van der Waals surface area contributed by atoms with E-state index in [0.29, 0.717) is 5.92 Å². The molecule has 19 heavy (non-hydrogen) atoms. The van der Waals surface area contributed by atoms with Gasteiger partial charge in [-0.15, -0.1) is 0 Å². The summed E-state index contributed by atoms with van der Waals surface area (Å²) < 4.78 is 6.19. The molecule has 1 saturated carbocycles. The molecule has 0 aliphatic heterocycles. The molecule has 0 aromatic heterocycles. The number of halogens is 1. The van der Waals surface area contributed by atoms with E-state index in [0.717, 1.165) is 16.6 Å². The van der Waals surface area contributed by atoms with Gasteiger partial charge in [-0.3, -0.25) is 0 Å². The van der Waals surface area contributed by atoms with E-state index in [2.05, 4.69) is 22.0 Å². The Morgan fingerprint density at radius 1 is 1.26 bits per heavy atom. The molecule has 0 bridgehead atoms. The molecular weight excluding hydrogens is 304 g/mol. The Bertz CT molecular complexity index is 398. The summed E-state index contributed by atoms with van der Waals surface area (Å²) in [6.07, 6.45) is 8.10. The molecule has 2 nitrogen and oxygen atoms in total. The van der Waals surface area contributed by atoms with Gasteiger partial charge in [0.15, 0.2) is 0 Å². The monoisotopic (exact) mass is 326 g/mol. The van der Waals surface area contributed by atoms with Crippen molar-refractivity contribution in [2.45, 2.75) is 51.0 Å². The smallest absolute Gasteiger partial charge is 0.133 e. The highest BCUT2D eigenvalue weighted by Crippen LogP contribution is 2.29. The first-order chi connectivity index (χ1) is 9.20. The standard InChI is InChI=1S/C16H23BrO2/c1-19-16-9-8-12(10-14(16)17)11-15(18)13-6-4-2-3-5-7-13/h8-10,13,15,18H,2-7,11H2,1H3. The van der Waals surface area contributed by atoms with Crippen LogP contribution < -0.4 is 4.74 Å². The lowest BCUT2D eigenvalue weighted by Crippen LogP contribution is -2.22. The van der Waals surface area contributed by atoms with Crippen molar-refractivity contribution >= 4 is 15.9 Å². The Balaban J connectivity index is 1.97. The second-order valence-electron chi connectivity index (χ2n) is 5.49. The number of ether oxygens (including phenoxy) is 1. The molecule has 1 aliphatic carbocycles. The maximum absolute atomic E-state index is 10.4. The number of hydrogen-bond donors (Lipinski definition) is 1. The quantitative estimate of drug-likeness (QED) is 0.834. The SMILES string of the molecule is COc1ccc(CC(O)C2CCCCCC2)cc1Br. The lowest BCUT2D eigenvalue weighted by molar-refractivity contribution is 0.0986. The zero-order chi connectivity index (χ0) is 13.7. The minimum Gasteiger partial charge on any atom is -0.496 e. The topological polar surface area (TPSA) is 29.5 Å². The van der Waals surface area contributed by atoms with Crippen LogP contribution in [0, 0.1) is 5.92 Å². The lowest BCUT2D eigenvalue weighted by atomic mass is 9.90. The van der Waals surface area contributed by atoms with Crippen LogP contribution in [0.1, 0.15) is 44.1 Å². The van der Waals surface area contributed by atoms with Gasteiger partial charge in [0.05, 0.1) is 17.7 Å². The van der Waals surface area contributed by atoms with Gasteiger partial charge in [-0.25, -0.2) is 0 Å². The lowest BCUT2D eigenvalue weighted by Gasteiger charge is -2.21. The molecule has 1 aromatic rings. The Morgan fingerprint density at radius 3 is 2.53 bits per heavy atom. The van der Waals surface area contributed by atoms with Crippen molar-refractivity contribution in [3.8, 4) is 5.75 Å². The fourth-order valence-electron chi connectivity index (χ4n) is 2.94. The zero-order valence-corrected chi connectivity index (χ0v) is 13.2. The second-order valence-corrected chi connectivity index (χ2v) is 6.35. The van der Waals surface area contributed by atoms with Gasteiger partial charge < -0.3 is 9.84 Å². The van der Waals surface area contributed by atoms with Crippen molar-refractivity contribution in [1.29, 1.82) is 0 Å². The maximum atomic E-state index is 10.4. The third-order valence-electron chi connectivity index (χ3n) is 4.11. The maximum Gasteiger partial charge on any atom is 0.133 e. The van der Waals surface area contributed by atoms with Crippen LogP contribution in [-0.4, -0.2) is 18.3 Å². The fraction of sp³-hybridized carbons (Fsp3) is 0.625. The van der Waals surface area contributed by atoms with Gasteiger partial charge in [0, 0.05) is 0 Å². The third kappa shape index (κ3) is 4.22. The third-order valence-corrected chi connectivity index (χ3v) is 4.72. The first kappa shape index (κ1) is 14.9. The second kappa shape index (κ2) is 7.30. The van der Waals surface area contributed by atoms with E-state index in [1.54, 1.807) is 7.11 Å². The van der Waals surface area contributed by atoms with Crippen molar-refractivity contribution < 1.29 is 9.84 Å². The molecule has 0 amide bonds. The van der Waals surface area contributed by atoms with E-state index in [4.69, 9.17) is 4.74 Å². The highest BCUT2D eigenvalue weighted by atomic mass is 79.9. The molecule has 2 rings (SSSR count). The molecule has 106 valence electrons. The summed E-state index contributed by atoms with van der Waals surface area (Å²) >= 11 is 3.50. The molecule has 1 aromatic carbocycles. The van der Waals surface area contributed by atoms with E-state index in [-0.39, 0.29) is 6.10 Å². The van der Waals surface area contributed by atoms with E-state index < -0.39 is 0 Å². The summed E-state index contributed by atoms with van der Waals surface area (Å²) in [4.78, 5) is 0. The van der Waals surface area contributed by atoms with E-state index in [1.165, 1.54) is 44.1 Å². The van der Waals surface area contributed by atoms with Crippen LogP contribution in [0.2, 0.25) is 0 Å². The molecule has 3 heteroatoms. The van der Waals surface area contributed by atoms with Crippen LogP contribution in [0.3, 0.4) is 0 Å². The highest BCUT2D eigenvalue weighted by Gasteiger charge is 2.21. The molecule has 1 unspecified atom stereocenters. The van der Waals surface area contributed by atoms with Crippen LogP contribution in [0.25, 0.3) is 0 Å². The molecular formula is C16H23BrO2. The van der Waals surface area contributed by atoms with Crippen molar-refractivity contribution in [3.05, 3.63) is 28.2 Å². The van der Waals surface area contributed by atoms with Crippen LogP contribution in [0.4, 0.5) is 0 Å². The molecule has 0 heterocycles. The Kier molecular flexibility index (Phi) is 5.71. The number of hydrogen-bond acceptors (Lipinski definition) is 2. The Hall–Kier alpha value is -0.540. The first-order valence-electron chi connectivity index (χ1n) is 7.21. The van der Waals surface area contributed by atoms with Crippen LogP contribution in [0.15, 0.2) is 22.7 Å². The summed E-state index contributed by atoms with van der Waals surface area (Å²) in [5.74, 6) is 1.32. The predicted molar refractivity (Wildman–Crippen MR) is 81.6 cm³/mol. The highest BCUT2D eigenvalue weighted by molar-refractivity contribution is 9.10. The minimum atomic E-state index is -0.210. The molecule has 1 aliphatic rings. The minimum absolute atomic E-state index is 0.210. The van der Waals surface area contributed by atoms with Crippen molar-refractivity contribution in [2.75, 3.05) is 7.11 Å². The summed E-state index contributed by atoms with van der Waals surface area (Å²) in [5.41, 5.74) is 1.17. The largest absolute Gasteiger partial charge is 0.496 e. The Labute approximate surface area is 124 Å². The van der Waals surface area contributed by atoms with Crippen molar-refractivity contribution in [1.82, 2.24) is 0 Å². The van der Waals surface area contributed by atoms with Crippen molar-refractivity contribution in [2.24, 2.45) is 5.92 Å². The van der Waals surface area contributed by atoms with Gasteiger partial charge in [0.1, 0.15) is 5.75 Å². The number of benzene rings is 1. The fourth-order valence-corrected chi connectivity index (χ4v) is 3.53. The molecule has 0 saturated heterocycles. The molecule has 0 radical (unpaired) electrons. The van der Waals surface area contributed by atoms with Crippen LogP contribution in [-0.2, 0) is 6.42 Å². The number of aliphatic hydroxyl groups is 1. The number of methoxy groups -OCH3 is 1. The van der Waals surface area contributed by atoms with Gasteiger partial charge >= 0.3 is 0 Å². The number of rotatable bonds is 4. The zero-order valence-electron chi connectivity index (χ0n) is 11.6. The molecule has 1 atom stereocenters. The summed E-state index contributed by atoms with van der Waals surface area (Å²) in [6, 6.07) is 6.06. The normalized spacial score (nSPS) is 18.9. The average Bonchev–Trinajstić information content (AvgIpc) is 2.68. The van der Waals surface area contributed by atoms with Gasteiger partial charge in [0.25, 0.3) is 0 Å². The summed E-state index contributed by atoms with van der Waals surface area (Å²) in [6.45, 7) is 0. The van der Waals surface area contributed by atoms with E-state index in [1.807, 2.05) is 12.1 Å². The van der Waals surface area contributed by atoms with E-state index >= 15 is 0 Å². The van der Waals surface area contributed by atoms with E-state index in [9.17, 15) is 5.11 Å². The molecule has 0 spiro atoms.